The predicted molar refractivity (Wildman–Crippen MR) is 86.2 cm³/mol. The second kappa shape index (κ2) is 7.76. The number of carboxylic acid groups (broad SMARTS) is 1. The minimum atomic E-state index is -0.874. The highest BCUT2D eigenvalue weighted by molar-refractivity contribution is 5.97. The first-order valence-electron chi connectivity index (χ1n) is 7.87. The van der Waals surface area contributed by atoms with E-state index < -0.39 is 5.97 Å². The number of anilines is 1. The first-order chi connectivity index (χ1) is 11.0. The molecule has 2 amide bonds. The zero-order chi connectivity index (χ0) is 16.8. The zero-order valence-electron chi connectivity index (χ0n) is 13.2. The van der Waals surface area contributed by atoms with Crippen molar-refractivity contribution < 1.29 is 19.5 Å². The van der Waals surface area contributed by atoms with Crippen LogP contribution in [-0.2, 0) is 20.8 Å². The molecule has 0 saturated carbocycles. The normalized spacial score (nSPS) is 15.0. The van der Waals surface area contributed by atoms with Gasteiger partial charge in [0.25, 0.3) is 0 Å². The van der Waals surface area contributed by atoms with Gasteiger partial charge in [0, 0.05) is 37.5 Å². The maximum atomic E-state index is 12.1. The van der Waals surface area contributed by atoms with Crippen molar-refractivity contribution >= 4 is 23.5 Å². The van der Waals surface area contributed by atoms with Gasteiger partial charge in [-0.1, -0.05) is 18.2 Å². The number of benzene rings is 1. The van der Waals surface area contributed by atoms with E-state index >= 15 is 0 Å². The van der Waals surface area contributed by atoms with Crippen LogP contribution in [-0.4, -0.2) is 35.5 Å². The average Bonchev–Trinajstić information content (AvgIpc) is 2.52. The summed E-state index contributed by atoms with van der Waals surface area (Å²) in [7, 11) is 0. The Morgan fingerprint density at radius 3 is 2.74 bits per heavy atom. The van der Waals surface area contributed by atoms with E-state index in [0.29, 0.717) is 19.4 Å². The molecule has 0 saturated heterocycles. The van der Waals surface area contributed by atoms with Gasteiger partial charge in [-0.3, -0.25) is 14.4 Å². The van der Waals surface area contributed by atoms with Crippen LogP contribution in [0.5, 0.6) is 0 Å². The minimum Gasteiger partial charge on any atom is -0.481 e. The van der Waals surface area contributed by atoms with Crippen molar-refractivity contribution in [2.45, 2.75) is 45.1 Å². The van der Waals surface area contributed by atoms with Gasteiger partial charge in [-0.2, -0.15) is 0 Å². The van der Waals surface area contributed by atoms with E-state index in [-0.39, 0.29) is 30.7 Å². The maximum Gasteiger partial charge on any atom is 0.303 e. The molecule has 1 aliphatic heterocycles. The first-order valence-corrected chi connectivity index (χ1v) is 7.87. The molecule has 0 radical (unpaired) electrons. The van der Waals surface area contributed by atoms with Crippen molar-refractivity contribution in [2.75, 3.05) is 11.4 Å². The van der Waals surface area contributed by atoms with Crippen LogP contribution in [0.25, 0.3) is 0 Å². The van der Waals surface area contributed by atoms with Gasteiger partial charge >= 0.3 is 5.97 Å². The molecular formula is C17H22N2O4. The van der Waals surface area contributed by atoms with Gasteiger partial charge in [-0.15, -0.1) is 0 Å². The van der Waals surface area contributed by atoms with Crippen molar-refractivity contribution in [3.63, 3.8) is 0 Å². The molecule has 2 rings (SSSR count). The Morgan fingerprint density at radius 1 is 1.26 bits per heavy atom. The Balaban J connectivity index is 1.86. The topological polar surface area (TPSA) is 86.7 Å². The number of amides is 2. The molecule has 1 aliphatic rings. The van der Waals surface area contributed by atoms with Crippen molar-refractivity contribution in [3.8, 4) is 0 Å². The number of hydrogen-bond acceptors (Lipinski definition) is 3. The van der Waals surface area contributed by atoms with Gasteiger partial charge in [-0.05, 0) is 31.4 Å². The third-order valence-electron chi connectivity index (χ3n) is 3.95. The van der Waals surface area contributed by atoms with Gasteiger partial charge in [0.2, 0.25) is 11.8 Å². The number of carbonyl (C=O) groups is 3. The standard InChI is InChI=1S/C17H22N2O4/c1-12(6-9-17(22)23)18-15(20)10-11-19-14-5-3-2-4-13(14)7-8-16(19)21/h2-5,12H,6-11H2,1H3,(H,18,20)(H,22,23). The number of fused-ring (bicyclic) bond motifs is 1. The Bertz CT molecular complexity index is 600. The van der Waals surface area contributed by atoms with Crippen molar-refractivity contribution in [1.82, 2.24) is 5.32 Å². The van der Waals surface area contributed by atoms with Crippen molar-refractivity contribution in [2.24, 2.45) is 0 Å². The minimum absolute atomic E-state index is 0.0272. The quantitative estimate of drug-likeness (QED) is 0.801. The van der Waals surface area contributed by atoms with Crippen LogP contribution < -0.4 is 10.2 Å². The van der Waals surface area contributed by atoms with Crippen LogP contribution >= 0.6 is 0 Å². The lowest BCUT2D eigenvalue weighted by Gasteiger charge is -2.29. The summed E-state index contributed by atoms with van der Waals surface area (Å²) in [6, 6.07) is 7.55. The highest BCUT2D eigenvalue weighted by Crippen LogP contribution is 2.27. The SMILES string of the molecule is CC(CCC(=O)O)NC(=O)CCN1C(=O)CCc2ccccc21. The van der Waals surface area contributed by atoms with E-state index in [1.54, 1.807) is 11.8 Å². The molecule has 2 N–H and O–H groups in total. The van der Waals surface area contributed by atoms with E-state index in [0.717, 1.165) is 17.7 Å². The molecule has 0 fully saturated rings. The van der Waals surface area contributed by atoms with Crippen LogP contribution in [0.3, 0.4) is 0 Å². The Kier molecular flexibility index (Phi) is 5.73. The summed E-state index contributed by atoms with van der Waals surface area (Å²) >= 11 is 0. The van der Waals surface area contributed by atoms with Crippen LogP contribution in [0.2, 0.25) is 0 Å². The summed E-state index contributed by atoms with van der Waals surface area (Å²) in [4.78, 5) is 36.2. The lowest BCUT2D eigenvalue weighted by Crippen LogP contribution is -2.39. The van der Waals surface area contributed by atoms with Crippen LogP contribution in [0.15, 0.2) is 24.3 Å². The summed E-state index contributed by atoms with van der Waals surface area (Å²) in [5.74, 6) is -1.00. The predicted octanol–water partition coefficient (Wildman–Crippen LogP) is 1.73. The van der Waals surface area contributed by atoms with Crippen molar-refractivity contribution in [3.05, 3.63) is 29.8 Å². The third kappa shape index (κ3) is 4.81. The molecule has 1 heterocycles. The highest BCUT2D eigenvalue weighted by Gasteiger charge is 2.24. The fraction of sp³-hybridized carbons (Fsp3) is 0.471. The number of aryl methyl sites for hydroxylation is 1. The first kappa shape index (κ1) is 17.0. The molecule has 1 unspecified atom stereocenters. The summed E-state index contributed by atoms with van der Waals surface area (Å²) in [5, 5.41) is 11.4. The number of nitrogens with zero attached hydrogens (tertiary/aromatic N) is 1. The smallest absolute Gasteiger partial charge is 0.303 e. The lowest BCUT2D eigenvalue weighted by molar-refractivity contribution is -0.137. The summed E-state index contributed by atoms with van der Waals surface area (Å²) in [6.07, 6.45) is 1.83. The third-order valence-corrected chi connectivity index (χ3v) is 3.95. The molecule has 0 aromatic heterocycles. The second-order valence-electron chi connectivity index (χ2n) is 5.83. The lowest BCUT2D eigenvalue weighted by atomic mass is 10.0. The van der Waals surface area contributed by atoms with Gasteiger partial charge in [0.15, 0.2) is 0 Å². The van der Waals surface area contributed by atoms with Gasteiger partial charge in [-0.25, -0.2) is 0 Å². The molecule has 6 nitrogen and oxygen atoms in total. The summed E-state index contributed by atoms with van der Waals surface area (Å²) < 4.78 is 0. The highest BCUT2D eigenvalue weighted by atomic mass is 16.4. The van der Waals surface area contributed by atoms with Gasteiger partial charge in [0.05, 0.1) is 0 Å². The molecule has 1 atom stereocenters. The fourth-order valence-corrected chi connectivity index (χ4v) is 2.71. The molecule has 1 aromatic rings. The monoisotopic (exact) mass is 318 g/mol. The number of carboxylic acids is 1. The Hall–Kier alpha value is -2.37. The second-order valence-corrected chi connectivity index (χ2v) is 5.83. The van der Waals surface area contributed by atoms with Crippen LogP contribution in [0, 0.1) is 0 Å². The number of nitrogens with one attached hydrogen (secondary N) is 1. The number of para-hydroxylation sites is 1. The van der Waals surface area contributed by atoms with Gasteiger partial charge in [0.1, 0.15) is 0 Å². The molecule has 23 heavy (non-hydrogen) atoms. The van der Waals surface area contributed by atoms with E-state index in [9.17, 15) is 14.4 Å². The van der Waals surface area contributed by atoms with E-state index in [4.69, 9.17) is 5.11 Å². The largest absolute Gasteiger partial charge is 0.481 e. The number of carbonyl (C=O) groups excluding carboxylic acids is 2. The maximum absolute atomic E-state index is 12.1. The average molecular weight is 318 g/mol. The van der Waals surface area contributed by atoms with E-state index in [1.165, 1.54) is 0 Å². The Labute approximate surface area is 135 Å². The van der Waals surface area contributed by atoms with Gasteiger partial charge < -0.3 is 15.3 Å². The molecule has 0 spiro atoms. The number of rotatable bonds is 7. The summed E-state index contributed by atoms with van der Waals surface area (Å²) in [5.41, 5.74) is 2.01. The van der Waals surface area contributed by atoms with E-state index in [2.05, 4.69) is 5.32 Å². The molecule has 0 aliphatic carbocycles. The molecule has 6 heteroatoms. The van der Waals surface area contributed by atoms with Crippen LogP contribution in [0.4, 0.5) is 5.69 Å². The number of aliphatic carboxylic acids is 1. The molecular weight excluding hydrogens is 296 g/mol. The molecule has 0 bridgehead atoms. The molecule has 1 aromatic carbocycles. The van der Waals surface area contributed by atoms with E-state index in [1.807, 2.05) is 24.3 Å². The fourth-order valence-electron chi connectivity index (χ4n) is 2.71. The van der Waals surface area contributed by atoms with Crippen molar-refractivity contribution in [1.29, 1.82) is 0 Å². The Morgan fingerprint density at radius 2 is 2.00 bits per heavy atom. The summed E-state index contributed by atoms with van der Waals surface area (Å²) in [6.45, 7) is 2.12. The number of hydrogen-bond donors (Lipinski definition) is 2. The van der Waals surface area contributed by atoms with Crippen LogP contribution in [0.1, 0.15) is 38.2 Å². The molecule has 124 valence electrons. The zero-order valence-corrected chi connectivity index (χ0v) is 13.2.